The van der Waals surface area contributed by atoms with E-state index in [-0.39, 0.29) is 11.6 Å². The molecule has 0 fully saturated rings. The molecule has 0 radical (unpaired) electrons. The summed E-state index contributed by atoms with van der Waals surface area (Å²) in [4.78, 5) is 22.6. The topological polar surface area (TPSA) is 80.4 Å². The molecule has 0 saturated heterocycles. The van der Waals surface area contributed by atoms with Gasteiger partial charge in [-0.2, -0.15) is 0 Å². The number of nitrogens with zero attached hydrogens (tertiary/aromatic N) is 1. The lowest BCUT2D eigenvalue weighted by Crippen LogP contribution is -2.33. The van der Waals surface area contributed by atoms with Crippen molar-refractivity contribution in [2.75, 3.05) is 0 Å². The fourth-order valence-electron chi connectivity index (χ4n) is 3.91. The van der Waals surface area contributed by atoms with Gasteiger partial charge in [-0.15, -0.1) is 0 Å². The number of aliphatic carboxylic acids is 1. The third-order valence-electron chi connectivity index (χ3n) is 4.81. The van der Waals surface area contributed by atoms with Crippen LogP contribution in [-0.4, -0.2) is 16.0 Å². The molecular formula is C16H10ClNO4. The smallest absolute Gasteiger partial charge is 0.318 e. The summed E-state index contributed by atoms with van der Waals surface area (Å²) in [7, 11) is 0. The Hall–Kier alpha value is -2.40. The van der Waals surface area contributed by atoms with E-state index < -0.39 is 16.3 Å². The third-order valence-corrected chi connectivity index (χ3v) is 5.04. The Morgan fingerprint density at radius 1 is 1.23 bits per heavy atom. The Labute approximate surface area is 130 Å². The molecule has 0 saturated carbocycles. The fraction of sp³-hybridized carbons (Fsp3) is 0.188. The van der Waals surface area contributed by atoms with Gasteiger partial charge < -0.3 is 5.11 Å². The Kier molecular flexibility index (Phi) is 2.46. The van der Waals surface area contributed by atoms with Crippen LogP contribution in [0.25, 0.3) is 0 Å². The number of halogens is 1. The molecule has 2 unspecified atom stereocenters. The summed E-state index contributed by atoms with van der Waals surface area (Å²) in [5, 5.41) is 21.4. The molecular weight excluding hydrogens is 306 g/mol. The number of carbonyl (C=O) groups is 1. The largest absolute Gasteiger partial charge is 0.480 e. The second-order valence-electron chi connectivity index (χ2n) is 5.73. The van der Waals surface area contributed by atoms with Crippen molar-refractivity contribution in [1.82, 2.24) is 0 Å². The number of fused-ring (bicyclic) bond motifs is 8. The molecule has 6 heteroatoms. The first-order valence-electron chi connectivity index (χ1n) is 6.77. The van der Waals surface area contributed by atoms with Crippen LogP contribution in [0.15, 0.2) is 36.4 Å². The number of benzene rings is 2. The summed E-state index contributed by atoms with van der Waals surface area (Å²) in [6.45, 7) is 0. The molecule has 4 rings (SSSR count). The van der Waals surface area contributed by atoms with Crippen LogP contribution in [0.1, 0.15) is 34.6 Å². The van der Waals surface area contributed by atoms with Gasteiger partial charge in [-0.25, -0.2) is 0 Å². The highest BCUT2D eigenvalue weighted by Crippen LogP contribution is 2.61. The van der Waals surface area contributed by atoms with Crippen LogP contribution in [-0.2, 0) is 10.2 Å². The second-order valence-corrected chi connectivity index (χ2v) is 6.16. The average molecular weight is 316 g/mol. The predicted molar refractivity (Wildman–Crippen MR) is 79.4 cm³/mol. The molecule has 0 amide bonds. The van der Waals surface area contributed by atoms with Crippen LogP contribution in [0.4, 0.5) is 5.69 Å². The highest BCUT2D eigenvalue weighted by molar-refractivity contribution is 6.30. The first kappa shape index (κ1) is 13.3. The molecule has 22 heavy (non-hydrogen) atoms. The number of carboxylic acids is 1. The first-order chi connectivity index (χ1) is 10.4. The monoisotopic (exact) mass is 315 g/mol. The Bertz CT molecular complexity index is 863. The summed E-state index contributed by atoms with van der Waals surface area (Å²) >= 11 is 6.03. The van der Waals surface area contributed by atoms with Gasteiger partial charge in [-0.3, -0.25) is 14.9 Å². The summed E-state index contributed by atoms with van der Waals surface area (Å²) in [6.07, 6.45) is 0.397. The minimum atomic E-state index is -1.23. The second kappa shape index (κ2) is 4.08. The van der Waals surface area contributed by atoms with E-state index in [1.54, 1.807) is 18.2 Å². The van der Waals surface area contributed by atoms with Crippen LogP contribution in [0.3, 0.4) is 0 Å². The molecule has 2 aliphatic carbocycles. The molecule has 2 atom stereocenters. The first-order valence-corrected chi connectivity index (χ1v) is 7.15. The molecule has 1 N–H and O–H groups in total. The molecule has 2 aliphatic rings. The standard InChI is InChI=1S/C16H10ClNO4/c17-8-1-3-10-12-7-16(15(19)20,13(10)5-8)14-6-9(18(21)22)2-4-11(12)14/h1-6,12H,7H2,(H,19,20). The van der Waals surface area contributed by atoms with Gasteiger partial charge in [0.1, 0.15) is 5.41 Å². The van der Waals surface area contributed by atoms with Crippen molar-refractivity contribution in [3.05, 3.63) is 73.8 Å². The molecule has 0 heterocycles. The Balaban J connectivity index is 2.05. The molecule has 2 aromatic carbocycles. The number of nitro groups is 1. The fourth-order valence-corrected chi connectivity index (χ4v) is 4.08. The normalized spacial score (nSPS) is 24.0. The van der Waals surface area contributed by atoms with E-state index in [4.69, 9.17) is 11.6 Å². The number of hydrogen-bond donors (Lipinski definition) is 1. The number of nitro benzene ring substituents is 1. The van der Waals surface area contributed by atoms with E-state index in [0.29, 0.717) is 22.6 Å². The maximum absolute atomic E-state index is 12.1. The summed E-state index contributed by atoms with van der Waals surface area (Å²) in [6, 6.07) is 9.80. The zero-order chi connectivity index (χ0) is 15.6. The third kappa shape index (κ3) is 1.41. The van der Waals surface area contributed by atoms with Gasteiger partial charge in [0.05, 0.1) is 4.92 Å². The van der Waals surface area contributed by atoms with Crippen LogP contribution in [0, 0.1) is 10.1 Å². The van der Waals surface area contributed by atoms with Crippen molar-refractivity contribution in [3.63, 3.8) is 0 Å². The molecule has 0 spiro atoms. The summed E-state index contributed by atoms with van der Waals surface area (Å²) in [5.74, 6) is -1.03. The average Bonchev–Trinajstić information content (AvgIpc) is 2.99. The zero-order valence-electron chi connectivity index (χ0n) is 11.2. The Morgan fingerprint density at radius 3 is 2.50 bits per heavy atom. The maximum Gasteiger partial charge on any atom is 0.318 e. The van der Waals surface area contributed by atoms with E-state index >= 15 is 0 Å². The molecule has 0 aliphatic heterocycles. The minimum Gasteiger partial charge on any atom is -0.480 e. The van der Waals surface area contributed by atoms with E-state index in [2.05, 4.69) is 0 Å². The van der Waals surface area contributed by atoms with Gasteiger partial charge in [0.25, 0.3) is 5.69 Å². The van der Waals surface area contributed by atoms with Gasteiger partial charge in [-0.1, -0.05) is 23.7 Å². The lowest BCUT2D eigenvalue weighted by Gasteiger charge is -2.27. The number of rotatable bonds is 2. The Morgan fingerprint density at radius 2 is 1.86 bits per heavy atom. The predicted octanol–water partition coefficient (Wildman–Crippen LogP) is 3.47. The van der Waals surface area contributed by atoms with Gasteiger partial charge in [0.2, 0.25) is 0 Å². The number of non-ortho nitro benzene ring substituents is 1. The van der Waals surface area contributed by atoms with Crippen LogP contribution in [0.2, 0.25) is 5.02 Å². The van der Waals surface area contributed by atoms with Crippen LogP contribution >= 0.6 is 11.6 Å². The zero-order valence-corrected chi connectivity index (χ0v) is 12.0. The molecule has 2 aromatic rings. The van der Waals surface area contributed by atoms with E-state index in [9.17, 15) is 20.0 Å². The van der Waals surface area contributed by atoms with Gasteiger partial charge in [0, 0.05) is 23.1 Å². The highest BCUT2D eigenvalue weighted by Gasteiger charge is 2.58. The molecule has 110 valence electrons. The highest BCUT2D eigenvalue weighted by atomic mass is 35.5. The van der Waals surface area contributed by atoms with Crippen molar-refractivity contribution in [1.29, 1.82) is 0 Å². The van der Waals surface area contributed by atoms with E-state index in [1.165, 1.54) is 12.1 Å². The van der Waals surface area contributed by atoms with Crippen molar-refractivity contribution in [2.24, 2.45) is 0 Å². The molecule has 2 bridgehead atoms. The van der Waals surface area contributed by atoms with E-state index in [0.717, 1.165) is 11.1 Å². The van der Waals surface area contributed by atoms with E-state index in [1.807, 2.05) is 6.07 Å². The van der Waals surface area contributed by atoms with Crippen molar-refractivity contribution >= 4 is 23.3 Å². The minimum absolute atomic E-state index is 0.0424. The lowest BCUT2D eigenvalue weighted by molar-refractivity contribution is -0.384. The van der Waals surface area contributed by atoms with Gasteiger partial charge >= 0.3 is 5.97 Å². The number of carboxylic acid groups (broad SMARTS) is 1. The summed E-state index contributed by atoms with van der Waals surface area (Å²) in [5.41, 5.74) is 1.68. The van der Waals surface area contributed by atoms with Crippen molar-refractivity contribution < 1.29 is 14.8 Å². The maximum atomic E-state index is 12.1. The van der Waals surface area contributed by atoms with Gasteiger partial charge in [-0.05, 0) is 40.8 Å². The molecule has 0 aromatic heterocycles. The summed E-state index contributed by atoms with van der Waals surface area (Å²) < 4.78 is 0. The molecule has 5 nitrogen and oxygen atoms in total. The van der Waals surface area contributed by atoms with Crippen molar-refractivity contribution in [2.45, 2.75) is 17.8 Å². The number of hydrogen-bond acceptors (Lipinski definition) is 3. The lowest BCUT2D eigenvalue weighted by atomic mass is 9.75. The SMILES string of the molecule is O=C(O)C12CC(c3ccc(Cl)cc31)c1ccc([N+](=O)[O-])cc12. The van der Waals surface area contributed by atoms with Crippen LogP contribution < -0.4 is 0 Å². The van der Waals surface area contributed by atoms with Crippen molar-refractivity contribution in [3.8, 4) is 0 Å². The van der Waals surface area contributed by atoms with Gasteiger partial charge in [0.15, 0.2) is 0 Å². The van der Waals surface area contributed by atoms with Crippen LogP contribution in [0.5, 0.6) is 0 Å². The quantitative estimate of drug-likeness (QED) is 0.679.